The van der Waals surface area contributed by atoms with Gasteiger partial charge in [0.2, 0.25) is 0 Å². The number of benzene rings is 1. The van der Waals surface area contributed by atoms with E-state index < -0.39 is 0 Å². The van der Waals surface area contributed by atoms with Crippen LogP contribution in [-0.4, -0.2) is 13.0 Å². The van der Waals surface area contributed by atoms with Crippen LogP contribution in [0.4, 0.5) is 0 Å². The van der Waals surface area contributed by atoms with Gasteiger partial charge in [0.25, 0.3) is 5.91 Å². The molecule has 0 saturated heterocycles. The molecule has 0 heterocycles. The van der Waals surface area contributed by atoms with Crippen molar-refractivity contribution in [1.29, 1.82) is 0 Å². The SMILES string of the molecule is [CH]=Cc1cccc(C(=O)NC)c1Br. The van der Waals surface area contributed by atoms with E-state index in [1.54, 1.807) is 19.2 Å². The summed E-state index contributed by atoms with van der Waals surface area (Å²) in [6, 6.07) is 5.35. The molecule has 1 aromatic rings. The molecular formula is C10H9BrNO. The minimum atomic E-state index is -0.129. The van der Waals surface area contributed by atoms with E-state index in [1.807, 2.05) is 6.07 Å². The molecule has 1 N–H and O–H groups in total. The Morgan fingerprint density at radius 1 is 1.62 bits per heavy atom. The zero-order chi connectivity index (χ0) is 9.84. The fourth-order valence-electron chi connectivity index (χ4n) is 0.989. The first-order valence-electron chi connectivity index (χ1n) is 3.76. The highest BCUT2D eigenvalue weighted by atomic mass is 79.9. The number of hydrogen-bond donors (Lipinski definition) is 1. The van der Waals surface area contributed by atoms with Gasteiger partial charge < -0.3 is 5.32 Å². The van der Waals surface area contributed by atoms with Gasteiger partial charge >= 0.3 is 0 Å². The molecule has 0 atom stereocenters. The molecule has 0 fully saturated rings. The molecule has 0 saturated carbocycles. The number of nitrogens with one attached hydrogen (secondary N) is 1. The van der Waals surface area contributed by atoms with E-state index in [0.717, 1.165) is 10.0 Å². The predicted molar refractivity (Wildman–Crippen MR) is 56.3 cm³/mol. The van der Waals surface area contributed by atoms with Gasteiger partial charge in [-0.15, -0.1) is 0 Å². The summed E-state index contributed by atoms with van der Waals surface area (Å²) in [4.78, 5) is 11.3. The van der Waals surface area contributed by atoms with E-state index >= 15 is 0 Å². The smallest absolute Gasteiger partial charge is 0.252 e. The molecule has 1 amide bonds. The highest BCUT2D eigenvalue weighted by Gasteiger charge is 2.09. The van der Waals surface area contributed by atoms with Gasteiger partial charge in [0.15, 0.2) is 0 Å². The van der Waals surface area contributed by atoms with Crippen molar-refractivity contribution in [2.75, 3.05) is 7.05 Å². The lowest BCUT2D eigenvalue weighted by molar-refractivity contribution is 0.0962. The Hall–Kier alpha value is -1.09. The second kappa shape index (κ2) is 4.23. The third kappa shape index (κ3) is 1.98. The van der Waals surface area contributed by atoms with Crippen molar-refractivity contribution in [3.8, 4) is 0 Å². The topological polar surface area (TPSA) is 29.1 Å². The summed E-state index contributed by atoms with van der Waals surface area (Å²) in [7, 11) is 1.59. The van der Waals surface area contributed by atoms with Crippen LogP contribution >= 0.6 is 15.9 Å². The monoisotopic (exact) mass is 238 g/mol. The molecular weight excluding hydrogens is 230 g/mol. The third-order valence-corrected chi connectivity index (χ3v) is 2.56. The normalized spacial score (nSPS) is 9.38. The van der Waals surface area contributed by atoms with Crippen molar-refractivity contribution in [2.24, 2.45) is 0 Å². The van der Waals surface area contributed by atoms with Crippen molar-refractivity contribution in [3.05, 3.63) is 40.4 Å². The number of hydrogen-bond acceptors (Lipinski definition) is 1. The van der Waals surface area contributed by atoms with Crippen molar-refractivity contribution < 1.29 is 4.79 Å². The fourth-order valence-corrected chi connectivity index (χ4v) is 1.57. The summed E-state index contributed by atoms with van der Waals surface area (Å²) in [5.74, 6) is -0.129. The summed E-state index contributed by atoms with van der Waals surface area (Å²) < 4.78 is 0.719. The van der Waals surface area contributed by atoms with Crippen molar-refractivity contribution >= 4 is 27.9 Å². The van der Waals surface area contributed by atoms with Gasteiger partial charge in [-0.25, -0.2) is 0 Å². The van der Waals surface area contributed by atoms with Gasteiger partial charge in [0.1, 0.15) is 0 Å². The Morgan fingerprint density at radius 3 is 2.85 bits per heavy atom. The number of carbonyl (C=O) groups is 1. The summed E-state index contributed by atoms with van der Waals surface area (Å²) in [5.41, 5.74) is 1.39. The van der Waals surface area contributed by atoms with E-state index in [4.69, 9.17) is 6.58 Å². The lowest BCUT2D eigenvalue weighted by Crippen LogP contribution is -2.18. The molecule has 0 aliphatic rings. The summed E-state index contributed by atoms with van der Waals surface area (Å²) in [5, 5.41) is 2.55. The molecule has 1 radical (unpaired) electrons. The molecule has 0 aliphatic carbocycles. The predicted octanol–water partition coefficient (Wildman–Crippen LogP) is 2.25. The van der Waals surface area contributed by atoms with Gasteiger partial charge in [-0.3, -0.25) is 4.79 Å². The van der Waals surface area contributed by atoms with E-state index in [9.17, 15) is 4.79 Å². The van der Waals surface area contributed by atoms with Gasteiger partial charge in [-0.05, 0) is 27.6 Å². The van der Waals surface area contributed by atoms with Crippen molar-refractivity contribution in [3.63, 3.8) is 0 Å². The van der Waals surface area contributed by atoms with Gasteiger partial charge in [-0.2, -0.15) is 0 Å². The molecule has 0 spiro atoms. The molecule has 2 nitrogen and oxygen atoms in total. The second-order valence-corrected chi connectivity index (χ2v) is 3.25. The number of amides is 1. The Kier molecular flexibility index (Phi) is 3.25. The largest absolute Gasteiger partial charge is 0.355 e. The Morgan fingerprint density at radius 2 is 2.31 bits per heavy atom. The van der Waals surface area contributed by atoms with Gasteiger partial charge in [-0.1, -0.05) is 24.8 Å². The summed E-state index contributed by atoms with van der Waals surface area (Å²) >= 11 is 3.31. The molecule has 13 heavy (non-hydrogen) atoms. The number of carbonyl (C=O) groups excluding carboxylic acids is 1. The van der Waals surface area contributed by atoms with E-state index in [1.165, 1.54) is 6.08 Å². The first kappa shape index (κ1) is 9.99. The Balaban J connectivity index is 3.23. The molecule has 67 valence electrons. The molecule has 0 unspecified atom stereocenters. The van der Waals surface area contributed by atoms with E-state index in [2.05, 4.69) is 21.2 Å². The quantitative estimate of drug-likeness (QED) is 0.842. The van der Waals surface area contributed by atoms with Gasteiger partial charge in [0, 0.05) is 11.5 Å². The third-order valence-electron chi connectivity index (χ3n) is 1.68. The van der Waals surface area contributed by atoms with Crippen molar-refractivity contribution in [2.45, 2.75) is 0 Å². The average molecular weight is 239 g/mol. The van der Waals surface area contributed by atoms with Crippen LogP contribution in [-0.2, 0) is 0 Å². The average Bonchev–Trinajstić information content (AvgIpc) is 2.17. The molecule has 0 aliphatic heterocycles. The highest BCUT2D eigenvalue weighted by molar-refractivity contribution is 9.10. The maximum atomic E-state index is 11.3. The highest BCUT2D eigenvalue weighted by Crippen LogP contribution is 2.22. The maximum absolute atomic E-state index is 11.3. The van der Waals surface area contributed by atoms with Crippen LogP contribution in [0.3, 0.4) is 0 Å². The van der Waals surface area contributed by atoms with Crippen LogP contribution in [0.1, 0.15) is 15.9 Å². The molecule has 0 bridgehead atoms. The minimum absolute atomic E-state index is 0.129. The zero-order valence-corrected chi connectivity index (χ0v) is 8.76. The Bertz CT molecular complexity index is 347. The summed E-state index contributed by atoms with van der Waals surface area (Å²) in [6.45, 7) is 5.37. The van der Waals surface area contributed by atoms with Crippen LogP contribution in [0.15, 0.2) is 22.7 Å². The molecule has 3 heteroatoms. The van der Waals surface area contributed by atoms with Crippen LogP contribution in [0.25, 0.3) is 6.08 Å². The lowest BCUT2D eigenvalue weighted by atomic mass is 10.1. The summed E-state index contributed by atoms with van der Waals surface area (Å²) in [6.07, 6.45) is 1.45. The number of halogens is 1. The maximum Gasteiger partial charge on any atom is 0.252 e. The first-order chi connectivity index (χ1) is 6.20. The molecule has 0 aromatic heterocycles. The minimum Gasteiger partial charge on any atom is -0.355 e. The zero-order valence-electron chi connectivity index (χ0n) is 7.17. The Labute approximate surface area is 85.8 Å². The van der Waals surface area contributed by atoms with Crippen molar-refractivity contribution in [1.82, 2.24) is 5.32 Å². The van der Waals surface area contributed by atoms with Crippen LogP contribution in [0.2, 0.25) is 0 Å². The lowest BCUT2D eigenvalue weighted by Gasteiger charge is -2.04. The van der Waals surface area contributed by atoms with E-state index in [-0.39, 0.29) is 5.91 Å². The van der Waals surface area contributed by atoms with Crippen LogP contribution in [0.5, 0.6) is 0 Å². The molecule has 1 aromatic carbocycles. The molecule has 1 rings (SSSR count). The van der Waals surface area contributed by atoms with Crippen LogP contribution < -0.4 is 5.32 Å². The van der Waals surface area contributed by atoms with Crippen LogP contribution in [0, 0.1) is 6.58 Å². The van der Waals surface area contributed by atoms with E-state index in [0.29, 0.717) is 5.56 Å². The first-order valence-corrected chi connectivity index (χ1v) is 4.55. The fraction of sp³-hybridized carbons (Fsp3) is 0.100. The second-order valence-electron chi connectivity index (χ2n) is 2.45. The standard InChI is InChI=1S/C10H9BrNO/c1-3-7-5-4-6-8(9(7)11)10(13)12-2/h1,3-6H,2H3,(H,12,13). The van der Waals surface area contributed by atoms with Gasteiger partial charge in [0.05, 0.1) is 5.56 Å². The number of rotatable bonds is 2.